The number of aromatic nitrogens is 4. The molecule has 3 aromatic heterocycles. The summed E-state index contributed by atoms with van der Waals surface area (Å²) >= 11 is 0. The fourth-order valence-corrected chi connectivity index (χ4v) is 3.63. The second-order valence-corrected chi connectivity index (χ2v) is 7.75. The molecule has 0 radical (unpaired) electrons. The zero-order valence-electron chi connectivity index (χ0n) is 18.7. The lowest BCUT2D eigenvalue weighted by molar-refractivity contribution is 0.300. The zero-order chi connectivity index (χ0) is 23.2. The summed E-state index contributed by atoms with van der Waals surface area (Å²) in [7, 11) is 1.66. The minimum Gasteiger partial charge on any atom is -0.496 e. The van der Waals surface area contributed by atoms with Crippen LogP contribution in [0.5, 0.6) is 11.5 Å². The van der Waals surface area contributed by atoms with Gasteiger partial charge in [0.05, 0.1) is 24.2 Å². The van der Waals surface area contributed by atoms with Crippen LogP contribution in [0, 0.1) is 0 Å². The molecule has 5 aromatic rings. The highest BCUT2D eigenvalue weighted by molar-refractivity contribution is 5.83. The number of fused-ring (bicyclic) bond motifs is 1. The predicted molar refractivity (Wildman–Crippen MR) is 136 cm³/mol. The van der Waals surface area contributed by atoms with E-state index < -0.39 is 0 Å². The van der Waals surface area contributed by atoms with Crippen molar-refractivity contribution in [2.75, 3.05) is 7.11 Å². The molecule has 0 unspecified atom stereocenters. The third-order valence-corrected chi connectivity index (χ3v) is 5.40. The van der Waals surface area contributed by atoms with Crippen LogP contribution in [0.15, 0.2) is 79.1 Å². The fraction of sp³-hybridized carbons (Fsp3) is 0.0714. The van der Waals surface area contributed by atoms with Crippen LogP contribution in [0.1, 0.15) is 28.2 Å². The zero-order valence-corrected chi connectivity index (χ0v) is 18.7. The van der Waals surface area contributed by atoms with Crippen molar-refractivity contribution in [3.8, 4) is 11.5 Å². The van der Waals surface area contributed by atoms with Crippen molar-refractivity contribution in [3.63, 3.8) is 0 Å². The van der Waals surface area contributed by atoms with Crippen LogP contribution in [0.3, 0.4) is 0 Å². The van der Waals surface area contributed by atoms with Gasteiger partial charge in [-0.05, 0) is 83.8 Å². The van der Waals surface area contributed by atoms with Crippen LogP contribution in [0.4, 0.5) is 0 Å². The van der Waals surface area contributed by atoms with E-state index in [1.165, 1.54) is 5.39 Å². The van der Waals surface area contributed by atoms with E-state index in [-0.39, 0.29) is 0 Å². The van der Waals surface area contributed by atoms with E-state index in [1.807, 2.05) is 66.9 Å². The summed E-state index contributed by atoms with van der Waals surface area (Å²) in [5, 5.41) is 8.64. The molecule has 0 aliphatic heterocycles. The molecule has 0 fully saturated rings. The standard InChI is InChI=1S/C28H24N4O2/c1-33-28-12-10-26(34-19-25-4-2-3-14-29-25)17-22(28)7-9-24-18-23(31-32-24)8-5-20-6-11-27-21(16-20)13-15-30-27/h2-18,30H,19H2,1H3,(H,31,32). The number of ether oxygens (including phenoxy) is 2. The summed E-state index contributed by atoms with van der Waals surface area (Å²) in [4.78, 5) is 7.50. The number of benzene rings is 2. The Bertz CT molecular complexity index is 1450. The highest BCUT2D eigenvalue weighted by Gasteiger charge is 2.04. The van der Waals surface area contributed by atoms with Crippen molar-refractivity contribution in [1.29, 1.82) is 0 Å². The lowest BCUT2D eigenvalue weighted by Crippen LogP contribution is -1.98. The van der Waals surface area contributed by atoms with E-state index in [0.29, 0.717) is 6.61 Å². The number of aromatic amines is 2. The Morgan fingerprint density at radius 1 is 0.912 bits per heavy atom. The highest BCUT2D eigenvalue weighted by atomic mass is 16.5. The number of hydrogen-bond acceptors (Lipinski definition) is 4. The molecule has 0 amide bonds. The van der Waals surface area contributed by atoms with Gasteiger partial charge in [0.1, 0.15) is 18.1 Å². The molecule has 0 atom stereocenters. The van der Waals surface area contributed by atoms with Crippen molar-refractivity contribution in [2.45, 2.75) is 6.61 Å². The highest BCUT2D eigenvalue weighted by Crippen LogP contribution is 2.26. The van der Waals surface area contributed by atoms with E-state index in [1.54, 1.807) is 13.3 Å². The summed E-state index contributed by atoms with van der Waals surface area (Å²) in [5.74, 6) is 1.51. The number of rotatable bonds is 8. The van der Waals surface area contributed by atoms with Gasteiger partial charge in [0.2, 0.25) is 0 Å². The van der Waals surface area contributed by atoms with Gasteiger partial charge < -0.3 is 14.5 Å². The van der Waals surface area contributed by atoms with E-state index in [9.17, 15) is 0 Å². The Morgan fingerprint density at radius 2 is 1.88 bits per heavy atom. The maximum Gasteiger partial charge on any atom is 0.130 e. The van der Waals surface area contributed by atoms with Gasteiger partial charge in [-0.2, -0.15) is 5.10 Å². The molecule has 2 aromatic carbocycles. The van der Waals surface area contributed by atoms with Gasteiger partial charge in [-0.1, -0.05) is 18.2 Å². The van der Waals surface area contributed by atoms with Crippen LogP contribution < -0.4 is 9.47 Å². The van der Waals surface area contributed by atoms with E-state index in [4.69, 9.17) is 9.47 Å². The second-order valence-electron chi connectivity index (χ2n) is 7.75. The van der Waals surface area contributed by atoms with Crippen molar-refractivity contribution in [3.05, 3.63) is 107 Å². The molecular formula is C28H24N4O2. The first-order chi connectivity index (χ1) is 16.8. The van der Waals surface area contributed by atoms with Gasteiger partial charge in [-0.15, -0.1) is 0 Å². The van der Waals surface area contributed by atoms with Gasteiger partial charge in [0, 0.05) is 23.5 Å². The maximum atomic E-state index is 5.90. The predicted octanol–water partition coefficient (Wildman–Crippen LogP) is 6.21. The summed E-state index contributed by atoms with van der Waals surface area (Å²) in [5.41, 5.74) is 5.79. The molecule has 6 heteroatoms. The summed E-state index contributed by atoms with van der Waals surface area (Å²) in [6.45, 7) is 0.406. The normalized spacial score (nSPS) is 11.6. The van der Waals surface area contributed by atoms with E-state index in [2.05, 4.69) is 50.5 Å². The lowest BCUT2D eigenvalue weighted by atomic mass is 10.1. The smallest absolute Gasteiger partial charge is 0.130 e. The van der Waals surface area contributed by atoms with Gasteiger partial charge in [-0.3, -0.25) is 10.1 Å². The Kier molecular flexibility index (Phi) is 6.21. The van der Waals surface area contributed by atoms with Crippen LogP contribution in [0.2, 0.25) is 0 Å². The molecule has 0 aliphatic carbocycles. The second kappa shape index (κ2) is 9.92. The minimum absolute atomic E-state index is 0.406. The topological polar surface area (TPSA) is 75.8 Å². The average molecular weight is 449 g/mol. The molecule has 5 rings (SSSR count). The molecule has 0 saturated heterocycles. The number of H-pyrrole nitrogens is 2. The van der Waals surface area contributed by atoms with Crippen molar-refractivity contribution in [2.24, 2.45) is 0 Å². The summed E-state index contributed by atoms with van der Waals surface area (Å²) in [6.07, 6.45) is 11.7. The largest absolute Gasteiger partial charge is 0.496 e. The third-order valence-electron chi connectivity index (χ3n) is 5.40. The van der Waals surface area contributed by atoms with Crippen molar-refractivity contribution < 1.29 is 9.47 Å². The SMILES string of the molecule is COc1ccc(OCc2ccccn2)cc1C=Cc1cc(C=Cc2ccc3[nH]ccc3c2)n[nH]1. The molecule has 0 spiro atoms. The Labute approximate surface area is 197 Å². The molecule has 3 heterocycles. The number of methoxy groups -OCH3 is 1. The Hall–Kier alpha value is -4.58. The van der Waals surface area contributed by atoms with Crippen molar-refractivity contribution in [1.82, 2.24) is 20.2 Å². The van der Waals surface area contributed by atoms with Crippen LogP contribution in [-0.2, 0) is 6.61 Å². The van der Waals surface area contributed by atoms with Gasteiger partial charge in [-0.25, -0.2) is 0 Å². The number of hydrogen-bond donors (Lipinski definition) is 2. The third kappa shape index (κ3) is 5.07. The Balaban J connectivity index is 1.27. The van der Waals surface area contributed by atoms with E-state index in [0.717, 1.165) is 45.2 Å². The minimum atomic E-state index is 0.406. The van der Waals surface area contributed by atoms with Gasteiger partial charge >= 0.3 is 0 Å². The van der Waals surface area contributed by atoms with Crippen LogP contribution >= 0.6 is 0 Å². The van der Waals surface area contributed by atoms with Crippen LogP contribution in [-0.4, -0.2) is 27.3 Å². The first kappa shape index (κ1) is 21.3. The fourth-order valence-electron chi connectivity index (χ4n) is 3.63. The van der Waals surface area contributed by atoms with Gasteiger partial charge in [0.15, 0.2) is 0 Å². The number of pyridine rings is 1. The molecule has 0 aliphatic rings. The maximum absolute atomic E-state index is 5.90. The van der Waals surface area contributed by atoms with Crippen molar-refractivity contribution >= 4 is 35.2 Å². The molecule has 0 bridgehead atoms. The first-order valence-electron chi connectivity index (χ1n) is 11.0. The molecular weight excluding hydrogens is 424 g/mol. The van der Waals surface area contributed by atoms with Gasteiger partial charge in [0.25, 0.3) is 0 Å². The first-order valence-corrected chi connectivity index (χ1v) is 11.0. The number of nitrogens with one attached hydrogen (secondary N) is 2. The van der Waals surface area contributed by atoms with Crippen LogP contribution in [0.25, 0.3) is 35.2 Å². The number of nitrogens with zero attached hydrogens (tertiary/aromatic N) is 2. The summed E-state index contributed by atoms with van der Waals surface area (Å²) in [6, 6.07) is 21.9. The average Bonchev–Trinajstić information content (AvgIpc) is 3.54. The molecule has 168 valence electrons. The lowest BCUT2D eigenvalue weighted by Gasteiger charge is -2.09. The molecule has 0 saturated carbocycles. The monoisotopic (exact) mass is 448 g/mol. The molecule has 34 heavy (non-hydrogen) atoms. The Morgan fingerprint density at radius 3 is 2.76 bits per heavy atom. The molecule has 6 nitrogen and oxygen atoms in total. The molecule has 2 N–H and O–H groups in total. The quantitative estimate of drug-likeness (QED) is 0.296. The summed E-state index contributed by atoms with van der Waals surface area (Å²) < 4.78 is 11.4. The van der Waals surface area contributed by atoms with E-state index >= 15 is 0 Å².